The second kappa shape index (κ2) is 4.95. The van der Waals surface area contributed by atoms with E-state index < -0.39 is 29.3 Å². The summed E-state index contributed by atoms with van der Waals surface area (Å²) in [7, 11) is 0. The maximum Gasteiger partial charge on any atom is 0.416 e. The van der Waals surface area contributed by atoms with E-state index in [9.17, 15) is 18.1 Å². The lowest BCUT2D eigenvalue weighted by atomic mass is 10.2. The molecule has 0 radical (unpaired) electrons. The highest BCUT2D eigenvalue weighted by Crippen LogP contribution is 2.18. The average Bonchev–Trinajstić information content (AvgIpc) is 2.46. The van der Waals surface area contributed by atoms with Crippen LogP contribution >= 0.6 is 0 Å². The van der Waals surface area contributed by atoms with Crippen molar-refractivity contribution in [3.63, 3.8) is 0 Å². The van der Waals surface area contributed by atoms with Gasteiger partial charge in [-0.2, -0.15) is 8.78 Å². The smallest absolute Gasteiger partial charge is 0.416 e. The number of halogens is 2. The van der Waals surface area contributed by atoms with Gasteiger partial charge in [0.25, 0.3) is 0 Å². The van der Waals surface area contributed by atoms with Gasteiger partial charge < -0.3 is 14.6 Å². The first-order chi connectivity index (χ1) is 6.91. The zero-order valence-corrected chi connectivity index (χ0v) is 8.84. The molecule has 1 aliphatic rings. The molecule has 8 heteroatoms. The molecule has 1 saturated heterocycles. The maximum absolute atomic E-state index is 11.9. The van der Waals surface area contributed by atoms with Gasteiger partial charge in [-0.25, -0.2) is 4.79 Å². The third kappa shape index (κ3) is 3.18. The van der Waals surface area contributed by atoms with E-state index in [-0.39, 0.29) is 12.6 Å². The second-order valence-corrected chi connectivity index (χ2v) is 4.58. The number of carboxylic acid groups (broad SMARTS) is 1. The van der Waals surface area contributed by atoms with E-state index in [2.05, 4.69) is 4.72 Å². The number of rotatable bonds is 3. The Morgan fingerprint density at radius 3 is 2.73 bits per heavy atom. The summed E-state index contributed by atoms with van der Waals surface area (Å²) in [5.74, 6) is -2.95. The van der Waals surface area contributed by atoms with Gasteiger partial charge in [0, 0.05) is 12.6 Å². The van der Waals surface area contributed by atoms with Gasteiger partial charge in [0.05, 0.1) is 6.04 Å². The number of carbonyl (C=O) groups is 1. The highest BCUT2D eigenvalue weighted by Gasteiger charge is 2.36. The van der Waals surface area contributed by atoms with Crippen LogP contribution in [-0.4, -0.2) is 45.0 Å². The van der Waals surface area contributed by atoms with Crippen LogP contribution in [0.25, 0.3) is 0 Å². The number of amides is 1. The molecule has 88 valence electrons. The van der Waals surface area contributed by atoms with E-state index in [1.807, 2.05) is 0 Å². The normalized spacial score (nSPS) is 28.5. The van der Waals surface area contributed by atoms with Crippen molar-refractivity contribution < 1.29 is 23.2 Å². The van der Waals surface area contributed by atoms with Gasteiger partial charge in [0.2, 0.25) is 0 Å². The Balaban J connectivity index is 2.45. The molecule has 0 bridgehead atoms. The molecule has 1 fully saturated rings. The first-order valence-electron chi connectivity index (χ1n) is 4.36. The molecule has 5 nitrogen and oxygen atoms in total. The molecule has 1 aliphatic heterocycles. The fourth-order valence-corrected chi connectivity index (χ4v) is 2.20. The predicted molar refractivity (Wildman–Crippen MR) is 49.9 cm³/mol. The lowest BCUT2D eigenvalue weighted by molar-refractivity contribution is 0.143. The highest BCUT2D eigenvalue weighted by molar-refractivity contribution is 7.89. The van der Waals surface area contributed by atoms with E-state index in [1.165, 1.54) is 0 Å². The summed E-state index contributed by atoms with van der Waals surface area (Å²) >= 11 is -2.41. The van der Waals surface area contributed by atoms with Crippen molar-refractivity contribution in [1.29, 1.82) is 0 Å². The van der Waals surface area contributed by atoms with Crippen molar-refractivity contribution in [1.82, 2.24) is 9.62 Å². The summed E-state index contributed by atoms with van der Waals surface area (Å²) in [6, 6.07) is -0.708. The third-order valence-electron chi connectivity index (χ3n) is 2.27. The van der Waals surface area contributed by atoms with Crippen LogP contribution in [0.2, 0.25) is 0 Å². The summed E-state index contributed by atoms with van der Waals surface area (Å²) in [5, 5.41) is 8.72. The summed E-state index contributed by atoms with van der Waals surface area (Å²) in [6.45, 7) is 1.77. The molecular weight excluding hydrogens is 230 g/mol. The van der Waals surface area contributed by atoms with Gasteiger partial charge in [-0.1, -0.05) is 0 Å². The van der Waals surface area contributed by atoms with Crippen molar-refractivity contribution >= 4 is 17.5 Å². The number of nitrogens with one attached hydrogen (secondary N) is 1. The summed E-state index contributed by atoms with van der Waals surface area (Å²) in [6.07, 6.45) is -0.695. The molecule has 0 aromatic carbocycles. The molecule has 0 saturated carbocycles. The van der Waals surface area contributed by atoms with E-state index in [1.54, 1.807) is 6.92 Å². The van der Waals surface area contributed by atoms with Gasteiger partial charge >= 0.3 is 11.9 Å². The average molecular weight is 242 g/mol. The van der Waals surface area contributed by atoms with E-state index in [0.717, 1.165) is 4.90 Å². The van der Waals surface area contributed by atoms with Crippen LogP contribution in [0.3, 0.4) is 0 Å². The maximum atomic E-state index is 11.9. The van der Waals surface area contributed by atoms with Crippen LogP contribution in [0, 0.1) is 0 Å². The van der Waals surface area contributed by atoms with Crippen LogP contribution < -0.4 is 4.72 Å². The van der Waals surface area contributed by atoms with E-state index in [0.29, 0.717) is 6.42 Å². The van der Waals surface area contributed by atoms with Crippen LogP contribution in [0.15, 0.2) is 0 Å². The molecule has 3 unspecified atom stereocenters. The Morgan fingerprint density at radius 2 is 2.33 bits per heavy atom. The molecule has 0 spiro atoms. The Labute approximate surface area is 88.7 Å². The van der Waals surface area contributed by atoms with Crippen LogP contribution in [0.1, 0.15) is 13.3 Å². The zero-order chi connectivity index (χ0) is 11.6. The minimum atomic E-state index is -2.95. The minimum absolute atomic E-state index is 0.0922. The van der Waals surface area contributed by atoms with Crippen LogP contribution in [-0.2, 0) is 11.4 Å². The molecule has 0 aliphatic carbocycles. The van der Waals surface area contributed by atoms with Gasteiger partial charge in [0.1, 0.15) is 11.4 Å². The Hall–Kier alpha value is -0.600. The minimum Gasteiger partial charge on any atom is -0.593 e. The summed E-state index contributed by atoms with van der Waals surface area (Å²) in [4.78, 5) is 11.8. The molecule has 3 atom stereocenters. The monoisotopic (exact) mass is 242 g/mol. The quantitative estimate of drug-likeness (QED) is 0.711. The SMILES string of the molecule is CC1CC(N[S+]([O-])C(F)F)CN1C(=O)O. The van der Waals surface area contributed by atoms with Crippen molar-refractivity contribution in [2.24, 2.45) is 0 Å². The van der Waals surface area contributed by atoms with Crippen molar-refractivity contribution in [2.75, 3.05) is 6.54 Å². The molecule has 1 amide bonds. The Morgan fingerprint density at radius 1 is 1.73 bits per heavy atom. The predicted octanol–water partition coefficient (Wildman–Crippen LogP) is 0.603. The van der Waals surface area contributed by atoms with Crippen molar-refractivity contribution in [2.45, 2.75) is 31.2 Å². The molecule has 0 aromatic rings. The van der Waals surface area contributed by atoms with Crippen LogP contribution in [0.5, 0.6) is 0 Å². The molecule has 2 N–H and O–H groups in total. The van der Waals surface area contributed by atoms with Crippen molar-refractivity contribution in [3.05, 3.63) is 0 Å². The van der Waals surface area contributed by atoms with E-state index >= 15 is 0 Å². The lowest BCUT2D eigenvalue weighted by Gasteiger charge is -2.16. The first-order valence-corrected chi connectivity index (χ1v) is 5.57. The molecule has 1 heterocycles. The van der Waals surface area contributed by atoms with E-state index in [4.69, 9.17) is 5.11 Å². The fraction of sp³-hybridized carbons (Fsp3) is 0.857. The second-order valence-electron chi connectivity index (χ2n) is 3.39. The first kappa shape index (κ1) is 12.5. The highest BCUT2D eigenvalue weighted by atomic mass is 32.2. The standard InChI is InChI=1S/C7H12F2N2O3S/c1-4-2-5(3-11(4)7(12)13)10-15(14)6(8)9/h4-6,10H,2-3H2,1H3,(H,12,13). The van der Waals surface area contributed by atoms with Crippen molar-refractivity contribution in [3.8, 4) is 0 Å². The number of likely N-dealkylation sites (tertiary alicyclic amines) is 1. The van der Waals surface area contributed by atoms with Gasteiger partial charge in [-0.15, -0.1) is 4.72 Å². The van der Waals surface area contributed by atoms with Crippen LogP contribution in [0.4, 0.5) is 13.6 Å². The summed E-state index contributed by atoms with van der Waals surface area (Å²) in [5.41, 5.74) is 0. The molecule has 1 rings (SSSR count). The zero-order valence-electron chi connectivity index (χ0n) is 8.02. The number of nitrogens with zero attached hydrogens (tertiary/aromatic N) is 1. The Bertz CT molecular complexity index is 244. The van der Waals surface area contributed by atoms with Gasteiger partial charge in [0.15, 0.2) is 0 Å². The summed E-state index contributed by atoms with van der Waals surface area (Å²) < 4.78 is 36.9. The third-order valence-corrected chi connectivity index (χ3v) is 3.15. The van der Waals surface area contributed by atoms with Gasteiger partial charge in [-0.05, 0) is 13.3 Å². The van der Waals surface area contributed by atoms with Gasteiger partial charge in [-0.3, -0.25) is 0 Å². The number of hydrogen-bond donors (Lipinski definition) is 2. The Kier molecular flexibility index (Phi) is 4.12. The molecular formula is C7H12F2N2O3S. The largest absolute Gasteiger partial charge is 0.593 e. The molecule has 15 heavy (non-hydrogen) atoms. The lowest BCUT2D eigenvalue weighted by Crippen LogP contribution is -2.40. The number of alkyl halides is 2. The topological polar surface area (TPSA) is 75.6 Å². The fourth-order valence-electron chi connectivity index (χ4n) is 1.60. The number of hydrogen-bond acceptors (Lipinski definition) is 3. The molecule has 0 aromatic heterocycles.